The van der Waals surface area contributed by atoms with Crippen LogP contribution in [0.5, 0.6) is 0 Å². The molecule has 1 N–H and O–H groups in total. The first-order valence-corrected chi connectivity index (χ1v) is 9.43. The first kappa shape index (κ1) is 19.0. The number of carbonyl (C=O) groups excluding carboxylic acids is 1. The van der Waals surface area contributed by atoms with Crippen LogP contribution in [0.15, 0.2) is 35.1 Å². The molecule has 0 bridgehead atoms. The molecule has 1 amide bonds. The molecular weight excluding hydrogens is 360 g/mol. The van der Waals surface area contributed by atoms with Crippen molar-refractivity contribution in [3.05, 3.63) is 58.5 Å². The highest BCUT2D eigenvalue weighted by Crippen LogP contribution is 2.24. The molecule has 7 heteroatoms. The molecule has 0 aliphatic rings. The highest BCUT2D eigenvalue weighted by molar-refractivity contribution is 7.16. The van der Waals surface area contributed by atoms with Gasteiger partial charge in [0.15, 0.2) is 5.13 Å². The van der Waals surface area contributed by atoms with Gasteiger partial charge in [0.25, 0.3) is 0 Å². The van der Waals surface area contributed by atoms with Crippen molar-refractivity contribution in [1.82, 2.24) is 15.0 Å². The number of aromatic nitrogens is 3. The summed E-state index contributed by atoms with van der Waals surface area (Å²) < 4.78 is 5.73. The second-order valence-corrected chi connectivity index (χ2v) is 8.25. The molecule has 6 nitrogen and oxygen atoms in total. The van der Waals surface area contributed by atoms with Crippen LogP contribution in [0.2, 0.25) is 0 Å². The summed E-state index contributed by atoms with van der Waals surface area (Å²) in [5.74, 6) is 1.27. The summed E-state index contributed by atoms with van der Waals surface area (Å²) in [7, 11) is 0. The van der Waals surface area contributed by atoms with Crippen molar-refractivity contribution in [1.29, 1.82) is 0 Å². The molecule has 0 aromatic carbocycles. The van der Waals surface area contributed by atoms with E-state index in [0.29, 0.717) is 11.0 Å². The SMILES string of the molecule is Cc1ncccc1CC(=O)Nc1ncc(/C=C/c2ncc(C(C)(C)C)o2)s1. The van der Waals surface area contributed by atoms with E-state index in [2.05, 4.69) is 41.0 Å². The van der Waals surface area contributed by atoms with Gasteiger partial charge in [0.2, 0.25) is 11.8 Å². The Morgan fingerprint density at radius 2 is 2.04 bits per heavy atom. The quantitative estimate of drug-likeness (QED) is 0.703. The molecule has 0 spiro atoms. The van der Waals surface area contributed by atoms with Gasteiger partial charge in [-0.25, -0.2) is 9.97 Å². The van der Waals surface area contributed by atoms with Crippen LogP contribution in [0, 0.1) is 6.92 Å². The topological polar surface area (TPSA) is 80.9 Å². The number of carbonyl (C=O) groups is 1. The Kier molecular flexibility index (Phi) is 5.51. The summed E-state index contributed by atoms with van der Waals surface area (Å²) in [5.41, 5.74) is 1.69. The smallest absolute Gasteiger partial charge is 0.230 e. The molecular formula is C20H22N4O2S. The summed E-state index contributed by atoms with van der Waals surface area (Å²) >= 11 is 1.39. The molecule has 3 rings (SSSR count). The number of amides is 1. The Morgan fingerprint density at radius 1 is 1.22 bits per heavy atom. The summed E-state index contributed by atoms with van der Waals surface area (Å²) in [5, 5.41) is 3.39. The van der Waals surface area contributed by atoms with Crippen LogP contribution >= 0.6 is 11.3 Å². The van der Waals surface area contributed by atoms with Crippen LogP contribution in [0.4, 0.5) is 5.13 Å². The Hall–Kier alpha value is -2.80. The maximum atomic E-state index is 12.2. The Bertz CT molecular complexity index is 966. The zero-order valence-electron chi connectivity index (χ0n) is 15.8. The summed E-state index contributed by atoms with van der Waals surface area (Å²) in [6.45, 7) is 8.12. The van der Waals surface area contributed by atoms with E-state index < -0.39 is 0 Å². The van der Waals surface area contributed by atoms with E-state index in [-0.39, 0.29) is 17.7 Å². The monoisotopic (exact) mass is 382 g/mol. The zero-order chi connectivity index (χ0) is 19.4. The van der Waals surface area contributed by atoms with E-state index in [1.54, 1.807) is 24.7 Å². The van der Waals surface area contributed by atoms with Gasteiger partial charge >= 0.3 is 0 Å². The Labute approximate surface area is 162 Å². The van der Waals surface area contributed by atoms with Crippen molar-refractivity contribution < 1.29 is 9.21 Å². The lowest BCUT2D eigenvalue weighted by Gasteiger charge is -2.12. The van der Waals surface area contributed by atoms with Gasteiger partial charge in [-0.2, -0.15) is 0 Å². The molecule has 0 saturated heterocycles. The predicted octanol–water partition coefficient (Wildman–Crippen LogP) is 4.48. The third kappa shape index (κ3) is 5.10. The fraction of sp³-hybridized carbons (Fsp3) is 0.300. The van der Waals surface area contributed by atoms with Crippen molar-refractivity contribution in [3.8, 4) is 0 Å². The van der Waals surface area contributed by atoms with Gasteiger partial charge in [0.1, 0.15) is 5.76 Å². The van der Waals surface area contributed by atoms with Crippen molar-refractivity contribution in [3.63, 3.8) is 0 Å². The van der Waals surface area contributed by atoms with Gasteiger partial charge in [0, 0.05) is 34.5 Å². The minimum atomic E-state index is -0.113. The van der Waals surface area contributed by atoms with E-state index in [1.807, 2.05) is 25.1 Å². The molecule has 3 aromatic rings. The lowest BCUT2D eigenvalue weighted by Crippen LogP contribution is -2.15. The zero-order valence-corrected chi connectivity index (χ0v) is 16.6. The number of hydrogen-bond acceptors (Lipinski definition) is 6. The van der Waals surface area contributed by atoms with Gasteiger partial charge in [-0.15, -0.1) is 0 Å². The minimum absolute atomic E-state index is 0.0757. The van der Waals surface area contributed by atoms with Gasteiger partial charge in [-0.1, -0.05) is 38.2 Å². The van der Waals surface area contributed by atoms with Crippen molar-refractivity contribution in [2.24, 2.45) is 0 Å². The summed E-state index contributed by atoms with van der Waals surface area (Å²) in [6, 6.07) is 3.73. The average Bonchev–Trinajstić information content (AvgIpc) is 3.24. The second-order valence-electron chi connectivity index (χ2n) is 7.19. The molecule has 0 radical (unpaired) electrons. The number of pyridine rings is 1. The average molecular weight is 382 g/mol. The number of aryl methyl sites for hydroxylation is 1. The number of hydrogen-bond donors (Lipinski definition) is 1. The van der Waals surface area contributed by atoms with Crippen molar-refractivity contribution in [2.75, 3.05) is 5.32 Å². The largest absolute Gasteiger partial charge is 0.441 e. The number of thiazole rings is 1. The fourth-order valence-electron chi connectivity index (χ4n) is 2.33. The highest BCUT2D eigenvalue weighted by Gasteiger charge is 2.18. The molecule has 0 fully saturated rings. The van der Waals surface area contributed by atoms with Gasteiger partial charge < -0.3 is 9.73 Å². The molecule has 3 heterocycles. The normalized spacial score (nSPS) is 11.9. The van der Waals surface area contributed by atoms with E-state index >= 15 is 0 Å². The number of nitrogens with zero attached hydrogens (tertiary/aromatic N) is 3. The van der Waals surface area contributed by atoms with Gasteiger partial charge in [-0.05, 0) is 24.6 Å². The molecule has 3 aromatic heterocycles. The van der Waals surface area contributed by atoms with Crippen molar-refractivity contribution >= 4 is 34.5 Å². The van der Waals surface area contributed by atoms with Gasteiger partial charge in [0.05, 0.1) is 12.6 Å². The van der Waals surface area contributed by atoms with Crippen LogP contribution in [0.3, 0.4) is 0 Å². The predicted molar refractivity (Wildman–Crippen MR) is 108 cm³/mol. The number of oxazole rings is 1. The fourth-order valence-corrected chi connectivity index (χ4v) is 3.06. The maximum absolute atomic E-state index is 12.2. The standard InChI is InChI=1S/C20H22N4O2S/c1-13-14(6-5-9-21-13)10-17(25)24-19-23-11-15(27-19)7-8-18-22-12-16(26-18)20(2,3)4/h5-9,11-12H,10H2,1-4H3,(H,23,24,25)/b8-7+. The number of anilines is 1. The molecule has 140 valence electrons. The summed E-state index contributed by atoms with van der Waals surface area (Å²) in [4.78, 5) is 25.8. The molecule has 0 aliphatic carbocycles. The first-order chi connectivity index (χ1) is 12.8. The maximum Gasteiger partial charge on any atom is 0.230 e. The van der Waals surface area contributed by atoms with Crippen molar-refractivity contribution in [2.45, 2.75) is 39.5 Å². The third-order valence-corrected chi connectivity index (χ3v) is 4.77. The third-order valence-electron chi connectivity index (χ3n) is 3.89. The second kappa shape index (κ2) is 7.84. The van der Waals surface area contributed by atoms with E-state index in [4.69, 9.17) is 4.42 Å². The molecule has 0 saturated carbocycles. The molecule has 27 heavy (non-hydrogen) atoms. The van der Waals surface area contributed by atoms with Gasteiger partial charge in [-0.3, -0.25) is 9.78 Å². The van der Waals surface area contributed by atoms with E-state index in [0.717, 1.165) is 21.9 Å². The Balaban J connectivity index is 1.60. The lowest BCUT2D eigenvalue weighted by atomic mass is 9.94. The lowest BCUT2D eigenvalue weighted by molar-refractivity contribution is -0.115. The van der Waals surface area contributed by atoms with Crippen LogP contribution in [-0.2, 0) is 16.6 Å². The molecule has 0 unspecified atom stereocenters. The number of nitrogens with one attached hydrogen (secondary N) is 1. The molecule has 0 aliphatic heterocycles. The molecule has 0 atom stereocenters. The number of rotatable bonds is 5. The summed E-state index contributed by atoms with van der Waals surface area (Å²) in [6.07, 6.45) is 9.12. The van der Waals surface area contributed by atoms with Crippen LogP contribution in [0.25, 0.3) is 12.2 Å². The van der Waals surface area contributed by atoms with Crippen LogP contribution < -0.4 is 5.32 Å². The highest BCUT2D eigenvalue weighted by atomic mass is 32.1. The minimum Gasteiger partial charge on any atom is -0.441 e. The Morgan fingerprint density at radius 3 is 2.74 bits per heavy atom. The van der Waals surface area contributed by atoms with E-state index in [9.17, 15) is 4.79 Å². The van der Waals surface area contributed by atoms with E-state index in [1.165, 1.54) is 11.3 Å². The van der Waals surface area contributed by atoms with Crippen LogP contribution in [0.1, 0.15) is 48.6 Å². The first-order valence-electron chi connectivity index (χ1n) is 8.62. The van der Waals surface area contributed by atoms with Crippen LogP contribution in [-0.4, -0.2) is 20.9 Å².